The lowest BCUT2D eigenvalue weighted by Gasteiger charge is -2.43. The highest BCUT2D eigenvalue weighted by Crippen LogP contribution is 2.36. The van der Waals surface area contributed by atoms with E-state index in [0.717, 1.165) is 25.0 Å². The predicted molar refractivity (Wildman–Crippen MR) is 88.1 cm³/mol. The zero-order chi connectivity index (χ0) is 15.2. The third-order valence-corrected chi connectivity index (χ3v) is 4.64. The molecule has 4 atom stereocenters. The normalized spacial score (nSPS) is 27.3. The van der Waals surface area contributed by atoms with Crippen LogP contribution in [0.25, 0.3) is 0 Å². The summed E-state index contributed by atoms with van der Waals surface area (Å²) in [7, 11) is 0. The molecular formula is C18H37NO. The van der Waals surface area contributed by atoms with Crippen molar-refractivity contribution in [2.45, 2.75) is 85.8 Å². The van der Waals surface area contributed by atoms with E-state index in [-0.39, 0.29) is 5.41 Å². The number of nitrogens with one attached hydrogen (secondary N) is 1. The Morgan fingerprint density at radius 1 is 1.20 bits per heavy atom. The molecule has 0 spiro atoms. The van der Waals surface area contributed by atoms with Gasteiger partial charge < -0.3 is 10.1 Å². The Morgan fingerprint density at radius 2 is 1.90 bits per heavy atom. The zero-order valence-electron chi connectivity index (χ0n) is 14.7. The molecule has 1 rings (SSSR count). The third-order valence-electron chi connectivity index (χ3n) is 4.64. The van der Waals surface area contributed by atoms with Gasteiger partial charge in [-0.2, -0.15) is 0 Å². The first kappa shape index (κ1) is 18.0. The van der Waals surface area contributed by atoms with Crippen molar-refractivity contribution in [3.05, 3.63) is 0 Å². The van der Waals surface area contributed by atoms with Crippen LogP contribution in [0.2, 0.25) is 0 Å². The van der Waals surface area contributed by atoms with Crippen LogP contribution >= 0.6 is 0 Å². The van der Waals surface area contributed by atoms with Crippen molar-refractivity contribution >= 4 is 0 Å². The van der Waals surface area contributed by atoms with Gasteiger partial charge in [-0.25, -0.2) is 0 Å². The molecule has 0 saturated heterocycles. The second kappa shape index (κ2) is 8.38. The number of hydrogen-bond donors (Lipinski definition) is 1. The fourth-order valence-electron chi connectivity index (χ4n) is 3.71. The second-order valence-corrected chi connectivity index (χ2v) is 7.75. The highest BCUT2D eigenvalue weighted by atomic mass is 16.5. The molecule has 0 heterocycles. The van der Waals surface area contributed by atoms with Gasteiger partial charge in [-0.05, 0) is 50.0 Å². The average Bonchev–Trinajstić information content (AvgIpc) is 2.37. The average molecular weight is 284 g/mol. The van der Waals surface area contributed by atoms with Crippen molar-refractivity contribution in [1.82, 2.24) is 5.32 Å². The Hall–Kier alpha value is -0.0800. The Morgan fingerprint density at radius 3 is 2.40 bits per heavy atom. The van der Waals surface area contributed by atoms with E-state index in [2.05, 4.69) is 46.9 Å². The van der Waals surface area contributed by atoms with Crippen molar-refractivity contribution in [3.8, 4) is 0 Å². The first-order chi connectivity index (χ1) is 9.40. The second-order valence-electron chi connectivity index (χ2n) is 7.75. The molecule has 2 heteroatoms. The van der Waals surface area contributed by atoms with Gasteiger partial charge in [-0.3, -0.25) is 0 Å². The quantitative estimate of drug-likeness (QED) is 0.735. The molecular weight excluding hydrogens is 246 g/mol. The van der Waals surface area contributed by atoms with Crippen LogP contribution < -0.4 is 5.32 Å². The van der Waals surface area contributed by atoms with E-state index < -0.39 is 0 Å². The maximum absolute atomic E-state index is 6.19. The molecule has 20 heavy (non-hydrogen) atoms. The number of rotatable bonds is 7. The summed E-state index contributed by atoms with van der Waals surface area (Å²) in [6.45, 7) is 15.7. The zero-order valence-corrected chi connectivity index (χ0v) is 14.7. The van der Waals surface area contributed by atoms with Gasteiger partial charge >= 0.3 is 0 Å². The van der Waals surface area contributed by atoms with E-state index in [0.29, 0.717) is 12.1 Å². The molecule has 0 aliphatic heterocycles. The lowest BCUT2D eigenvalue weighted by Crippen LogP contribution is -2.53. The van der Waals surface area contributed by atoms with Gasteiger partial charge in [-0.1, -0.05) is 47.5 Å². The van der Waals surface area contributed by atoms with Gasteiger partial charge in [0.05, 0.1) is 6.10 Å². The fourth-order valence-corrected chi connectivity index (χ4v) is 3.71. The molecule has 4 unspecified atom stereocenters. The highest BCUT2D eigenvalue weighted by Gasteiger charge is 2.38. The topological polar surface area (TPSA) is 21.3 Å². The molecule has 1 aliphatic carbocycles. The molecule has 0 aromatic heterocycles. The van der Waals surface area contributed by atoms with E-state index in [1.54, 1.807) is 0 Å². The van der Waals surface area contributed by atoms with E-state index >= 15 is 0 Å². The fraction of sp³-hybridized carbons (Fsp3) is 1.00. The lowest BCUT2D eigenvalue weighted by molar-refractivity contribution is -0.0545. The summed E-state index contributed by atoms with van der Waals surface area (Å²) in [5, 5.41) is 3.83. The highest BCUT2D eigenvalue weighted by molar-refractivity contribution is 4.92. The molecule has 1 N–H and O–H groups in total. The van der Waals surface area contributed by atoms with Crippen LogP contribution in [0, 0.1) is 17.3 Å². The van der Waals surface area contributed by atoms with Gasteiger partial charge in [0.15, 0.2) is 0 Å². The van der Waals surface area contributed by atoms with Crippen molar-refractivity contribution < 1.29 is 4.74 Å². The number of ether oxygens (including phenoxy) is 1. The van der Waals surface area contributed by atoms with Crippen LogP contribution in [0.1, 0.15) is 73.6 Å². The molecule has 120 valence electrons. The van der Waals surface area contributed by atoms with Crippen LogP contribution in [-0.4, -0.2) is 25.3 Å². The third kappa shape index (κ3) is 5.37. The molecule has 0 radical (unpaired) electrons. The molecule has 2 nitrogen and oxygen atoms in total. The smallest absolute Gasteiger partial charge is 0.0778 e. The molecule has 0 bridgehead atoms. The predicted octanol–water partition coefficient (Wildman–Crippen LogP) is 4.63. The maximum Gasteiger partial charge on any atom is 0.0778 e. The summed E-state index contributed by atoms with van der Waals surface area (Å²) < 4.78 is 6.19. The first-order valence-corrected chi connectivity index (χ1v) is 8.75. The van der Waals surface area contributed by atoms with Gasteiger partial charge in [-0.15, -0.1) is 0 Å². The summed E-state index contributed by atoms with van der Waals surface area (Å²) in [6.07, 6.45) is 7.04. The van der Waals surface area contributed by atoms with E-state index in [9.17, 15) is 0 Å². The monoisotopic (exact) mass is 283 g/mol. The van der Waals surface area contributed by atoms with Gasteiger partial charge in [0, 0.05) is 12.6 Å². The van der Waals surface area contributed by atoms with Crippen molar-refractivity contribution in [2.24, 2.45) is 17.3 Å². The van der Waals surface area contributed by atoms with Crippen molar-refractivity contribution in [2.75, 3.05) is 13.2 Å². The Labute approximate surface area is 127 Å². The van der Waals surface area contributed by atoms with Crippen LogP contribution in [0.5, 0.6) is 0 Å². The van der Waals surface area contributed by atoms with Crippen molar-refractivity contribution in [3.63, 3.8) is 0 Å². The summed E-state index contributed by atoms with van der Waals surface area (Å²) in [6, 6.07) is 0.512. The summed E-state index contributed by atoms with van der Waals surface area (Å²) in [5.41, 5.74) is 0.197. The maximum atomic E-state index is 6.19. The molecule has 1 fully saturated rings. The SMILES string of the molecule is CCCNC(C1CCCC(C)C1)C(OCC)C(C)(C)C. The summed E-state index contributed by atoms with van der Waals surface area (Å²) in [4.78, 5) is 0. The first-order valence-electron chi connectivity index (χ1n) is 8.75. The van der Waals surface area contributed by atoms with Crippen LogP contribution in [0.4, 0.5) is 0 Å². The minimum Gasteiger partial charge on any atom is -0.376 e. The standard InChI is InChI=1S/C18H37NO/c1-7-12-19-16(15-11-9-10-14(3)13-15)17(20-8-2)18(4,5)6/h14-17,19H,7-13H2,1-6H3. The van der Waals surface area contributed by atoms with Crippen LogP contribution in [0.15, 0.2) is 0 Å². The van der Waals surface area contributed by atoms with Gasteiger partial charge in [0.2, 0.25) is 0 Å². The molecule has 0 amide bonds. The largest absolute Gasteiger partial charge is 0.376 e. The van der Waals surface area contributed by atoms with Gasteiger partial charge in [0.25, 0.3) is 0 Å². The Balaban J connectivity index is 2.83. The van der Waals surface area contributed by atoms with Crippen LogP contribution in [-0.2, 0) is 4.74 Å². The molecule has 1 aliphatic rings. The summed E-state index contributed by atoms with van der Waals surface area (Å²) in [5.74, 6) is 1.66. The number of hydrogen-bond acceptors (Lipinski definition) is 2. The molecule has 1 saturated carbocycles. The lowest BCUT2D eigenvalue weighted by atomic mass is 9.72. The summed E-state index contributed by atoms with van der Waals surface area (Å²) >= 11 is 0. The minimum absolute atomic E-state index is 0.197. The van der Waals surface area contributed by atoms with Gasteiger partial charge in [0.1, 0.15) is 0 Å². The Kier molecular flexibility index (Phi) is 7.53. The Bertz CT molecular complexity index is 259. The molecule has 0 aromatic carbocycles. The van der Waals surface area contributed by atoms with Crippen molar-refractivity contribution in [1.29, 1.82) is 0 Å². The van der Waals surface area contributed by atoms with E-state index in [1.807, 2.05) is 0 Å². The van der Waals surface area contributed by atoms with E-state index in [1.165, 1.54) is 32.1 Å². The minimum atomic E-state index is 0.197. The molecule has 0 aromatic rings. The van der Waals surface area contributed by atoms with Crippen LogP contribution in [0.3, 0.4) is 0 Å². The van der Waals surface area contributed by atoms with E-state index in [4.69, 9.17) is 4.74 Å².